The van der Waals surface area contributed by atoms with Crippen molar-refractivity contribution >= 4 is 5.91 Å². The highest BCUT2D eigenvalue weighted by Crippen LogP contribution is 2.30. The highest BCUT2D eigenvalue weighted by molar-refractivity contribution is 5.92. The van der Waals surface area contributed by atoms with Gasteiger partial charge in [-0.05, 0) is 42.3 Å². The Morgan fingerprint density at radius 3 is 2.30 bits per heavy atom. The first-order valence-corrected chi connectivity index (χ1v) is 12.0. The van der Waals surface area contributed by atoms with E-state index in [0.29, 0.717) is 10.3 Å². The molecule has 0 bridgehead atoms. The lowest BCUT2D eigenvalue weighted by Crippen LogP contribution is -2.46. The topological polar surface area (TPSA) is 104 Å². The fourth-order valence-corrected chi connectivity index (χ4v) is 4.04. The van der Waals surface area contributed by atoms with Crippen LogP contribution < -0.4 is 26.0 Å². The molecule has 40 heavy (non-hydrogen) atoms. The Bertz CT molecular complexity index is 1650. The third kappa shape index (κ3) is 5.90. The third-order valence-corrected chi connectivity index (χ3v) is 6.13. The van der Waals surface area contributed by atoms with Crippen LogP contribution in [-0.2, 0) is 12.7 Å². The van der Waals surface area contributed by atoms with Crippen molar-refractivity contribution < 1.29 is 27.4 Å². The molecule has 0 saturated carbocycles. The number of amides is 1. The van der Waals surface area contributed by atoms with Gasteiger partial charge in [-0.1, -0.05) is 42.5 Å². The first-order chi connectivity index (χ1) is 19.0. The van der Waals surface area contributed by atoms with Gasteiger partial charge in [0.25, 0.3) is 11.5 Å². The molecule has 12 heteroatoms. The summed E-state index contributed by atoms with van der Waals surface area (Å²) in [5, 5.41) is 6.75. The molecule has 3 aromatic carbocycles. The highest BCUT2D eigenvalue weighted by Gasteiger charge is 2.30. The standard InChI is InChI=1S/C28H25F3N4O5/c1-17(19-9-5-4-6-10-19)32-25(36)24-26(37)34(16-18-8-7-11-20(14-18)28(29,30)31)27(38)35(33-24)21-12-13-22(39-2)23(15-21)40-3/h4-15,17H,16H2,1-3H3,(H,32,36). The fourth-order valence-electron chi connectivity index (χ4n) is 4.04. The van der Waals surface area contributed by atoms with Crippen LogP contribution in [0, 0.1) is 0 Å². The quantitative estimate of drug-likeness (QED) is 0.354. The molecule has 1 atom stereocenters. The molecular formula is C28H25F3N4O5. The summed E-state index contributed by atoms with van der Waals surface area (Å²) < 4.78 is 51.9. The Labute approximate surface area is 226 Å². The minimum absolute atomic E-state index is 0.0306. The summed E-state index contributed by atoms with van der Waals surface area (Å²) in [6.07, 6.45) is -4.63. The SMILES string of the molecule is COc1ccc(-n2nc(C(=O)NC(C)c3ccccc3)c(=O)n(Cc3cccc(C(F)(F)F)c3)c2=O)cc1OC. The highest BCUT2D eigenvalue weighted by atomic mass is 19.4. The van der Waals surface area contributed by atoms with Crippen molar-refractivity contribution in [2.45, 2.75) is 25.7 Å². The summed E-state index contributed by atoms with van der Waals surface area (Å²) in [5.74, 6) is -0.271. The van der Waals surface area contributed by atoms with Crippen molar-refractivity contribution in [1.82, 2.24) is 19.7 Å². The number of nitrogens with one attached hydrogen (secondary N) is 1. The van der Waals surface area contributed by atoms with E-state index in [-0.39, 0.29) is 17.0 Å². The molecule has 208 valence electrons. The lowest BCUT2D eigenvalue weighted by Gasteiger charge is -2.16. The predicted molar refractivity (Wildman–Crippen MR) is 140 cm³/mol. The number of benzene rings is 3. The minimum Gasteiger partial charge on any atom is -0.493 e. The van der Waals surface area contributed by atoms with Crippen molar-refractivity contribution in [3.63, 3.8) is 0 Å². The number of rotatable bonds is 8. The summed E-state index contributed by atoms with van der Waals surface area (Å²) in [4.78, 5) is 40.2. The normalized spacial score (nSPS) is 12.1. The second-order valence-electron chi connectivity index (χ2n) is 8.78. The van der Waals surface area contributed by atoms with Gasteiger partial charge in [-0.15, -0.1) is 0 Å². The molecule has 0 aliphatic carbocycles. The van der Waals surface area contributed by atoms with E-state index in [9.17, 15) is 27.6 Å². The summed E-state index contributed by atoms with van der Waals surface area (Å²) in [6, 6.07) is 17.1. The number of methoxy groups -OCH3 is 2. The molecule has 9 nitrogen and oxygen atoms in total. The van der Waals surface area contributed by atoms with E-state index in [1.54, 1.807) is 31.2 Å². The Morgan fingerprint density at radius 2 is 1.65 bits per heavy atom. The number of nitrogens with zero attached hydrogens (tertiary/aromatic N) is 3. The Kier molecular flexibility index (Phi) is 8.08. The van der Waals surface area contributed by atoms with Gasteiger partial charge in [0.1, 0.15) is 0 Å². The number of carbonyl (C=O) groups excluding carboxylic acids is 1. The molecule has 1 aromatic heterocycles. The van der Waals surface area contributed by atoms with Gasteiger partial charge in [0.05, 0.1) is 38.1 Å². The number of hydrogen-bond donors (Lipinski definition) is 1. The van der Waals surface area contributed by atoms with Crippen LogP contribution in [0.5, 0.6) is 11.5 Å². The van der Waals surface area contributed by atoms with Gasteiger partial charge in [-0.2, -0.15) is 23.0 Å². The predicted octanol–water partition coefficient (Wildman–Crippen LogP) is 3.97. The number of ether oxygens (including phenoxy) is 2. The number of alkyl halides is 3. The summed E-state index contributed by atoms with van der Waals surface area (Å²) in [5.41, 5.74) is -2.67. The lowest BCUT2D eigenvalue weighted by atomic mass is 10.1. The van der Waals surface area contributed by atoms with E-state index in [4.69, 9.17) is 9.47 Å². The van der Waals surface area contributed by atoms with Crippen LogP contribution in [0.4, 0.5) is 13.2 Å². The molecule has 0 saturated heterocycles. The zero-order valence-corrected chi connectivity index (χ0v) is 21.7. The second-order valence-corrected chi connectivity index (χ2v) is 8.78. The number of hydrogen-bond acceptors (Lipinski definition) is 6. The molecule has 0 aliphatic heterocycles. The van der Waals surface area contributed by atoms with Crippen LogP contribution in [-0.4, -0.2) is 34.5 Å². The van der Waals surface area contributed by atoms with Crippen LogP contribution >= 0.6 is 0 Å². The molecule has 0 aliphatic rings. The van der Waals surface area contributed by atoms with Crippen LogP contribution in [0.1, 0.15) is 40.1 Å². The van der Waals surface area contributed by atoms with Crippen molar-refractivity contribution in [2.75, 3.05) is 14.2 Å². The minimum atomic E-state index is -4.63. The zero-order chi connectivity index (χ0) is 29.0. The van der Waals surface area contributed by atoms with Crippen LogP contribution in [0.2, 0.25) is 0 Å². The molecule has 1 heterocycles. The van der Waals surface area contributed by atoms with Gasteiger partial charge in [0, 0.05) is 6.07 Å². The maximum absolute atomic E-state index is 13.5. The second kappa shape index (κ2) is 11.5. The zero-order valence-electron chi connectivity index (χ0n) is 21.7. The largest absolute Gasteiger partial charge is 0.493 e. The number of carbonyl (C=O) groups is 1. The van der Waals surface area contributed by atoms with Gasteiger partial charge in [0.2, 0.25) is 5.69 Å². The first kappa shape index (κ1) is 28.1. The Balaban J connectivity index is 1.85. The maximum Gasteiger partial charge on any atom is 0.416 e. The number of halogens is 3. The Morgan fingerprint density at radius 1 is 0.950 bits per heavy atom. The van der Waals surface area contributed by atoms with E-state index >= 15 is 0 Å². The molecule has 1 N–H and O–H groups in total. The van der Waals surface area contributed by atoms with Crippen LogP contribution in [0.3, 0.4) is 0 Å². The first-order valence-electron chi connectivity index (χ1n) is 12.0. The smallest absolute Gasteiger partial charge is 0.416 e. The maximum atomic E-state index is 13.5. The van der Waals surface area contributed by atoms with E-state index in [0.717, 1.165) is 22.4 Å². The van der Waals surface area contributed by atoms with Gasteiger partial charge in [-0.25, -0.2) is 4.79 Å². The monoisotopic (exact) mass is 554 g/mol. The van der Waals surface area contributed by atoms with Crippen molar-refractivity contribution in [2.24, 2.45) is 0 Å². The number of aromatic nitrogens is 3. The van der Waals surface area contributed by atoms with E-state index in [1.807, 2.05) is 6.07 Å². The van der Waals surface area contributed by atoms with E-state index in [1.165, 1.54) is 44.6 Å². The lowest BCUT2D eigenvalue weighted by molar-refractivity contribution is -0.137. The summed E-state index contributed by atoms with van der Waals surface area (Å²) >= 11 is 0. The molecule has 0 fully saturated rings. The van der Waals surface area contributed by atoms with Crippen molar-refractivity contribution in [1.29, 1.82) is 0 Å². The van der Waals surface area contributed by atoms with Crippen molar-refractivity contribution in [3.05, 3.63) is 116 Å². The molecule has 0 radical (unpaired) electrons. The van der Waals surface area contributed by atoms with Gasteiger partial charge in [-0.3, -0.25) is 14.2 Å². The molecular weight excluding hydrogens is 529 g/mol. The van der Waals surface area contributed by atoms with E-state index in [2.05, 4.69) is 10.4 Å². The van der Waals surface area contributed by atoms with Gasteiger partial charge in [0.15, 0.2) is 11.5 Å². The molecule has 4 rings (SSSR count). The fraction of sp³-hybridized carbons (Fsp3) is 0.214. The average Bonchev–Trinajstić information content (AvgIpc) is 2.95. The van der Waals surface area contributed by atoms with Crippen LogP contribution in [0.25, 0.3) is 5.69 Å². The van der Waals surface area contributed by atoms with Gasteiger partial charge >= 0.3 is 11.9 Å². The molecule has 4 aromatic rings. The molecule has 1 unspecified atom stereocenters. The van der Waals surface area contributed by atoms with Gasteiger partial charge < -0.3 is 14.8 Å². The summed E-state index contributed by atoms with van der Waals surface area (Å²) in [6.45, 7) is 1.17. The summed E-state index contributed by atoms with van der Waals surface area (Å²) in [7, 11) is 2.81. The third-order valence-electron chi connectivity index (χ3n) is 6.13. The van der Waals surface area contributed by atoms with Crippen LogP contribution in [0.15, 0.2) is 82.4 Å². The molecule has 0 spiro atoms. The van der Waals surface area contributed by atoms with E-state index < -0.39 is 47.2 Å². The van der Waals surface area contributed by atoms with Crippen molar-refractivity contribution in [3.8, 4) is 17.2 Å². The average molecular weight is 555 g/mol. The molecule has 1 amide bonds. The Hall–Kier alpha value is -4.87.